The number of hydrogen-bond acceptors (Lipinski definition) is 4. The van der Waals surface area contributed by atoms with E-state index >= 15 is 0 Å². The second kappa shape index (κ2) is 7.03. The van der Waals surface area contributed by atoms with E-state index in [0.717, 1.165) is 25.7 Å². The van der Waals surface area contributed by atoms with Crippen LogP contribution in [0.1, 0.15) is 46.4 Å². The van der Waals surface area contributed by atoms with Crippen LogP contribution in [0.2, 0.25) is 0 Å². The monoisotopic (exact) mass is 356 g/mol. The van der Waals surface area contributed by atoms with Gasteiger partial charge in [0.05, 0.1) is 5.54 Å². The van der Waals surface area contributed by atoms with Gasteiger partial charge in [-0.1, -0.05) is 31.0 Å². The van der Waals surface area contributed by atoms with Crippen molar-refractivity contribution in [2.45, 2.75) is 37.8 Å². The fourth-order valence-electron chi connectivity index (χ4n) is 3.49. The highest BCUT2D eigenvalue weighted by molar-refractivity contribution is 5.94. The molecule has 1 saturated carbocycles. The number of amides is 1. The third-order valence-corrected chi connectivity index (χ3v) is 4.75. The van der Waals surface area contributed by atoms with Crippen molar-refractivity contribution < 1.29 is 19.8 Å². The summed E-state index contributed by atoms with van der Waals surface area (Å²) in [5.41, 5.74) is -1.41. The average molecular weight is 356 g/mol. The Labute approximate surface area is 149 Å². The Hall–Kier alpha value is -3.09. The van der Waals surface area contributed by atoms with Crippen LogP contribution in [0, 0.1) is 0 Å². The van der Waals surface area contributed by atoms with Crippen LogP contribution in [0.3, 0.4) is 0 Å². The normalized spacial score (nSPS) is 15.5. The quantitative estimate of drug-likeness (QED) is 0.759. The van der Waals surface area contributed by atoms with Gasteiger partial charge in [0.25, 0.3) is 5.91 Å². The summed E-state index contributed by atoms with van der Waals surface area (Å²) >= 11 is 0. The van der Waals surface area contributed by atoms with E-state index < -0.39 is 28.2 Å². The van der Waals surface area contributed by atoms with Crippen LogP contribution in [0.5, 0.6) is 5.75 Å². The van der Waals surface area contributed by atoms with Crippen molar-refractivity contribution in [3.05, 3.63) is 64.1 Å². The fraction of sp³-hybridized carbons (Fsp3) is 0.316. The molecule has 0 radical (unpaired) electrons. The number of carboxylic acid groups (broad SMARTS) is 1. The summed E-state index contributed by atoms with van der Waals surface area (Å²) in [4.78, 5) is 35.5. The third-order valence-electron chi connectivity index (χ3n) is 4.75. The fourth-order valence-corrected chi connectivity index (χ4v) is 3.49. The Bertz CT molecular complexity index is 883. The molecule has 0 spiro atoms. The highest BCUT2D eigenvalue weighted by Gasteiger charge is 2.36. The molecule has 0 atom stereocenters. The van der Waals surface area contributed by atoms with Gasteiger partial charge in [-0.2, -0.15) is 0 Å². The summed E-state index contributed by atoms with van der Waals surface area (Å²) in [6.07, 6.45) is 5.77. The van der Waals surface area contributed by atoms with Gasteiger partial charge >= 0.3 is 5.97 Å². The maximum Gasteiger partial charge on any atom is 0.341 e. The molecule has 1 heterocycles. The largest absolute Gasteiger partial charge is 0.503 e. The van der Waals surface area contributed by atoms with Crippen LogP contribution in [-0.4, -0.2) is 32.2 Å². The van der Waals surface area contributed by atoms with Gasteiger partial charge in [0.1, 0.15) is 5.56 Å². The maximum absolute atomic E-state index is 12.6. The lowest BCUT2D eigenvalue weighted by Crippen LogP contribution is -2.49. The van der Waals surface area contributed by atoms with E-state index in [1.807, 2.05) is 6.07 Å². The minimum absolute atomic E-state index is 0.198. The average Bonchev–Trinajstić information content (AvgIpc) is 3.06. The molecule has 1 aromatic heterocycles. The molecular formula is C19H20N2O5. The zero-order valence-corrected chi connectivity index (χ0v) is 14.1. The molecular weight excluding hydrogens is 336 g/mol. The number of carbonyl (C=O) groups excluding carboxylic acids is 1. The Morgan fingerprint density at radius 1 is 1.12 bits per heavy atom. The molecule has 7 heteroatoms. The third kappa shape index (κ3) is 3.61. The molecule has 1 fully saturated rings. The maximum atomic E-state index is 12.6. The van der Waals surface area contributed by atoms with E-state index in [1.165, 1.54) is 17.0 Å². The molecule has 0 unspecified atom stereocenters. The summed E-state index contributed by atoms with van der Waals surface area (Å²) in [5.74, 6) is -2.21. The molecule has 136 valence electrons. The van der Waals surface area contributed by atoms with E-state index in [1.54, 1.807) is 24.3 Å². The molecule has 7 nitrogen and oxygen atoms in total. The van der Waals surface area contributed by atoms with Gasteiger partial charge in [0.2, 0.25) is 5.43 Å². The van der Waals surface area contributed by atoms with Gasteiger partial charge in [-0.3, -0.25) is 9.59 Å². The Kier molecular flexibility index (Phi) is 4.79. The number of carbonyl (C=O) groups is 2. The number of rotatable bonds is 5. The van der Waals surface area contributed by atoms with Crippen molar-refractivity contribution >= 4 is 11.9 Å². The van der Waals surface area contributed by atoms with Gasteiger partial charge in [0, 0.05) is 24.5 Å². The molecule has 0 saturated heterocycles. The summed E-state index contributed by atoms with van der Waals surface area (Å²) in [6.45, 7) is 0.277. The number of hydrogen-bond donors (Lipinski definition) is 3. The van der Waals surface area contributed by atoms with E-state index in [4.69, 9.17) is 5.11 Å². The molecule has 3 N–H and O–H groups in total. The Morgan fingerprint density at radius 3 is 2.38 bits per heavy atom. The number of benzene rings is 1. The first-order valence-electron chi connectivity index (χ1n) is 8.44. The minimum Gasteiger partial charge on any atom is -0.503 e. The topological polar surface area (TPSA) is 109 Å². The molecule has 1 aliphatic carbocycles. The molecule has 1 aliphatic rings. The number of nitrogens with zero attached hydrogens (tertiary/aromatic N) is 1. The van der Waals surface area contributed by atoms with E-state index in [9.17, 15) is 19.5 Å². The first kappa shape index (κ1) is 17.7. The minimum atomic E-state index is -1.39. The first-order chi connectivity index (χ1) is 12.4. The summed E-state index contributed by atoms with van der Waals surface area (Å²) in [5, 5.41) is 22.0. The Morgan fingerprint density at radius 2 is 1.77 bits per heavy atom. The molecule has 0 bridgehead atoms. The van der Waals surface area contributed by atoms with Crippen molar-refractivity contribution in [1.29, 1.82) is 0 Å². The standard InChI is InChI=1S/C19H20N2O5/c22-15-11-21(10-14(16(15)23)18(25)26)12-19(8-4-5-9-19)20-17(24)13-6-2-1-3-7-13/h1-3,6-7,10-11,22H,4-5,8-9,12H2,(H,20,24)(H,25,26). The predicted molar refractivity (Wildman–Crippen MR) is 94.4 cm³/mol. The highest BCUT2D eigenvalue weighted by Crippen LogP contribution is 2.32. The number of carboxylic acids is 1. The van der Waals surface area contributed by atoms with Gasteiger partial charge in [-0.25, -0.2) is 4.79 Å². The van der Waals surface area contributed by atoms with Gasteiger partial charge < -0.3 is 20.1 Å². The number of pyridine rings is 1. The van der Waals surface area contributed by atoms with Crippen molar-refractivity contribution in [1.82, 2.24) is 9.88 Å². The van der Waals surface area contributed by atoms with E-state index in [-0.39, 0.29) is 12.5 Å². The molecule has 26 heavy (non-hydrogen) atoms. The molecule has 2 aromatic rings. The van der Waals surface area contributed by atoms with Crippen LogP contribution in [0.15, 0.2) is 47.5 Å². The van der Waals surface area contributed by atoms with Crippen molar-refractivity contribution in [2.24, 2.45) is 0 Å². The number of aromatic hydroxyl groups is 1. The number of aromatic nitrogens is 1. The van der Waals surface area contributed by atoms with Gasteiger partial charge in [0.15, 0.2) is 5.75 Å². The summed E-state index contributed by atoms with van der Waals surface area (Å²) in [7, 11) is 0. The summed E-state index contributed by atoms with van der Waals surface area (Å²) in [6, 6.07) is 8.86. The van der Waals surface area contributed by atoms with Crippen LogP contribution in [0.25, 0.3) is 0 Å². The number of nitrogens with one attached hydrogen (secondary N) is 1. The molecule has 3 rings (SSSR count). The van der Waals surface area contributed by atoms with E-state index in [2.05, 4.69) is 5.32 Å². The van der Waals surface area contributed by atoms with Crippen LogP contribution in [-0.2, 0) is 6.54 Å². The SMILES string of the molecule is O=C(NC1(Cn2cc(O)c(=O)c(C(=O)O)c2)CCCC1)c1ccccc1. The number of aromatic carboxylic acids is 1. The van der Waals surface area contributed by atoms with Crippen molar-refractivity contribution in [2.75, 3.05) is 0 Å². The van der Waals surface area contributed by atoms with Crippen molar-refractivity contribution in [3.63, 3.8) is 0 Å². The zero-order chi connectivity index (χ0) is 18.7. The summed E-state index contributed by atoms with van der Waals surface area (Å²) < 4.78 is 1.47. The van der Waals surface area contributed by atoms with E-state index in [0.29, 0.717) is 5.56 Å². The first-order valence-corrected chi connectivity index (χ1v) is 8.44. The molecule has 1 amide bonds. The lowest BCUT2D eigenvalue weighted by atomic mass is 9.96. The smallest absolute Gasteiger partial charge is 0.341 e. The second-order valence-electron chi connectivity index (χ2n) is 6.67. The zero-order valence-electron chi connectivity index (χ0n) is 14.1. The predicted octanol–water partition coefficient (Wildman–Crippen LogP) is 1.99. The van der Waals surface area contributed by atoms with Gasteiger partial charge in [-0.05, 0) is 25.0 Å². The van der Waals surface area contributed by atoms with Gasteiger partial charge in [-0.15, -0.1) is 0 Å². The van der Waals surface area contributed by atoms with Crippen LogP contribution in [0.4, 0.5) is 0 Å². The van der Waals surface area contributed by atoms with Crippen LogP contribution >= 0.6 is 0 Å². The molecule has 1 aromatic carbocycles. The molecule has 0 aliphatic heterocycles. The Balaban J connectivity index is 1.88. The highest BCUT2D eigenvalue weighted by atomic mass is 16.4. The lowest BCUT2D eigenvalue weighted by molar-refractivity contribution is 0.0692. The van der Waals surface area contributed by atoms with Crippen molar-refractivity contribution in [3.8, 4) is 5.75 Å². The van der Waals surface area contributed by atoms with Crippen LogP contribution < -0.4 is 10.7 Å². The lowest BCUT2D eigenvalue weighted by Gasteiger charge is -2.31. The second-order valence-corrected chi connectivity index (χ2v) is 6.67.